The molecule has 0 saturated heterocycles. The van der Waals surface area contributed by atoms with Crippen molar-refractivity contribution in [3.05, 3.63) is 82.8 Å². The van der Waals surface area contributed by atoms with Crippen molar-refractivity contribution in [2.75, 3.05) is 30.4 Å². The maximum Gasteiger partial charge on any atom is 0.252 e. The van der Waals surface area contributed by atoms with Crippen LogP contribution in [0, 0.1) is 17.2 Å². The molecule has 0 amide bonds. The summed E-state index contributed by atoms with van der Waals surface area (Å²) in [4.78, 5) is 21.7. The van der Waals surface area contributed by atoms with Crippen LogP contribution < -0.4 is 15.4 Å². The number of nitrogens with zero attached hydrogens (tertiary/aromatic N) is 5. The molecule has 34 heavy (non-hydrogen) atoms. The maximum atomic E-state index is 12.8. The third kappa shape index (κ3) is 4.13. The number of fused-ring (bicyclic) bond motifs is 1. The third-order valence-electron chi connectivity index (χ3n) is 6.49. The number of pyridine rings is 2. The van der Waals surface area contributed by atoms with Crippen LogP contribution in [0.1, 0.15) is 18.5 Å². The second-order valence-electron chi connectivity index (χ2n) is 9.15. The Morgan fingerprint density at radius 1 is 1.00 bits per heavy atom. The Labute approximate surface area is 199 Å². The van der Waals surface area contributed by atoms with Crippen LogP contribution in [0.15, 0.2) is 71.5 Å². The van der Waals surface area contributed by atoms with E-state index in [1.54, 1.807) is 23.7 Å². The fourth-order valence-electron chi connectivity index (χ4n) is 4.28. The average Bonchev–Trinajstić information content (AvgIpc) is 3.69. The van der Waals surface area contributed by atoms with Gasteiger partial charge in [-0.25, -0.2) is 4.98 Å². The van der Waals surface area contributed by atoms with E-state index in [1.165, 1.54) is 12.8 Å². The number of benzene rings is 2. The van der Waals surface area contributed by atoms with Gasteiger partial charge in [-0.1, -0.05) is 24.3 Å². The van der Waals surface area contributed by atoms with Gasteiger partial charge in [0.2, 0.25) is 0 Å². The highest BCUT2D eigenvalue weighted by Crippen LogP contribution is 2.38. The van der Waals surface area contributed by atoms with Crippen molar-refractivity contribution in [2.24, 2.45) is 13.0 Å². The number of anilines is 3. The second kappa shape index (κ2) is 8.68. The van der Waals surface area contributed by atoms with Crippen molar-refractivity contribution in [2.45, 2.75) is 12.8 Å². The minimum Gasteiger partial charge on any atom is -0.378 e. The lowest BCUT2D eigenvalue weighted by Gasteiger charge is -2.26. The molecule has 2 aromatic carbocycles. The molecule has 0 N–H and O–H groups in total. The lowest BCUT2D eigenvalue weighted by Crippen LogP contribution is -2.25. The number of rotatable bonds is 6. The molecule has 6 nitrogen and oxygen atoms in total. The zero-order chi connectivity index (χ0) is 23.8. The summed E-state index contributed by atoms with van der Waals surface area (Å²) >= 11 is 0. The van der Waals surface area contributed by atoms with E-state index in [2.05, 4.69) is 69.4 Å². The molecule has 2 heterocycles. The van der Waals surface area contributed by atoms with Crippen molar-refractivity contribution in [1.29, 1.82) is 5.26 Å². The molecule has 1 saturated carbocycles. The molecule has 0 radical (unpaired) electrons. The normalized spacial score (nSPS) is 13.0. The van der Waals surface area contributed by atoms with Gasteiger partial charge in [0, 0.05) is 45.1 Å². The molecule has 0 atom stereocenters. The summed E-state index contributed by atoms with van der Waals surface area (Å²) in [6.07, 6.45) is 2.37. The van der Waals surface area contributed by atoms with E-state index in [1.807, 2.05) is 20.2 Å². The summed E-state index contributed by atoms with van der Waals surface area (Å²) < 4.78 is 1.59. The van der Waals surface area contributed by atoms with E-state index < -0.39 is 0 Å². The molecule has 1 aliphatic carbocycles. The van der Waals surface area contributed by atoms with E-state index >= 15 is 0 Å². The topological polar surface area (TPSA) is 65.2 Å². The van der Waals surface area contributed by atoms with Gasteiger partial charge in [0.25, 0.3) is 5.56 Å². The Balaban J connectivity index is 1.60. The van der Waals surface area contributed by atoms with Crippen LogP contribution in [-0.2, 0) is 7.05 Å². The molecule has 170 valence electrons. The molecule has 0 aliphatic heterocycles. The summed E-state index contributed by atoms with van der Waals surface area (Å²) in [5.41, 5.74) is 6.86. The first-order valence-corrected chi connectivity index (χ1v) is 11.5. The van der Waals surface area contributed by atoms with Crippen LogP contribution >= 0.6 is 0 Å². The van der Waals surface area contributed by atoms with Crippen molar-refractivity contribution in [3.8, 4) is 17.2 Å². The van der Waals surface area contributed by atoms with Crippen molar-refractivity contribution < 1.29 is 0 Å². The largest absolute Gasteiger partial charge is 0.378 e. The summed E-state index contributed by atoms with van der Waals surface area (Å²) in [6.45, 7) is 0.816. The predicted octanol–water partition coefficient (Wildman–Crippen LogP) is 5.09. The summed E-state index contributed by atoms with van der Waals surface area (Å²) in [7, 11) is 5.82. The summed E-state index contributed by atoms with van der Waals surface area (Å²) in [5, 5.41) is 9.42. The van der Waals surface area contributed by atoms with Gasteiger partial charge in [-0.2, -0.15) is 5.26 Å². The quantitative estimate of drug-likeness (QED) is 0.410. The van der Waals surface area contributed by atoms with Crippen LogP contribution in [0.25, 0.3) is 22.2 Å². The SMILES string of the molecule is CN(C)c1cccc(-c2ccc(N(CC3CC3)c3cc(=O)n(C)c4ccc(C#N)nc34)cc2)c1. The van der Waals surface area contributed by atoms with Gasteiger partial charge >= 0.3 is 0 Å². The molecule has 6 heteroatoms. The van der Waals surface area contributed by atoms with Gasteiger partial charge < -0.3 is 14.4 Å². The van der Waals surface area contributed by atoms with Crippen LogP contribution in [0.5, 0.6) is 0 Å². The predicted molar refractivity (Wildman–Crippen MR) is 138 cm³/mol. The molecule has 2 aromatic heterocycles. The number of hydrogen-bond acceptors (Lipinski definition) is 5. The summed E-state index contributed by atoms with van der Waals surface area (Å²) in [6, 6.07) is 24.2. The zero-order valence-corrected chi connectivity index (χ0v) is 19.7. The van der Waals surface area contributed by atoms with Gasteiger partial charge in [-0.3, -0.25) is 4.79 Å². The van der Waals surface area contributed by atoms with Gasteiger partial charge in [-0.15, -0.1) is 0 Å². The molecular weight excluding hydrogens is 422 g/mol. The van der Waals surface area contributed by atoms with Crippen molar-refractivity contribution >= 4 is 28.1 Å². The van der Waals surface area contributed by atoms with Gasteiger partial charge in [-0.05, 0) is 66.3 Å². The zero-order valence-electron chi connectivity index (χ0n) is 19.7. The first-order chi connectivity index (χ1) is 16.4. The van der Waals surface area contributed by atoms with E-state index in [0.29, 0.717) is 17.1 Å². The Morgan fingerprint density at radius 2 is 1.76 bits per heavy atom. The van der Waals surface area contributed by atoms with Crippen molar-refractivity contribution in [3.63, 3.8) is 0 Å². The van der Waals surface area contributed by atoms with Gasteiger partial charge in [0.15, 0.2) is 0 Å². The van der Waals surface area contributed by atoms with Crippen LogP contribution in [0.2, 0.25) is 0 Å². The Bertz CT molecular complexity index is 1460. The Kier molecular flexibility index (Phi) is 5.54. The number of aromatic nitrogens is 2. The second-order valence-corrected chi connectivity index (χ2v) is 9.15. The molecular formula is C28H27N5O. The molecule has 1 aliphatic rings. The molecule has 0 unspecified atom stereocenters. The highest BCUT2D eigenvalue weighted by Gasteiger charge is 2.27. The minimum absolute atomic E-state index is 0.0908. The van der Waals surface area contributed by atoms with E-state index in [-0.39, 0.29) is 5.56 Å². The first-order valence-electron chi connectivity index (χ1n) is 11.5. The van der Waals surface area contributed by atoms with Crippen LogP contribution in [0.3, 0.4) is 0 Å². The number of aryl methyl sites for hydroxylation is 1. The monoisotopic (exact) mass is 449 g/mol. The molecule has 5 rings (SSSR count). The summed E-state index contributed by atoms with van der Waals surface area (Å²) in [5.74, 6) is 0.592. The lowest BCUT2D eigenvalue weighted by atomic mass is 10.0. The Morgan fingerprint density at radius 3 is 2.44 bits per heavy atom. The highest BCUT2D eigenvalue weighted by atomic mass is 16.1. The Hall–Kier alpha value is -4.11. The van der Waals surface area contributed by atoms with Crippen LogP contribution in [-0.4, -0.2) is 30.2 Å². The van der Waals surface area contributed by atoms with E-state index in [0.717, 1.165) is 40.3 Å². The number of hydrogen-bond donors (Lipinski definition) is 0. The molecule has 0 spiro atoms. The van der Waals surface area contributed by atoms with Gasteiger partial charge in [0.1, 0.15) is 17.3 Å². The minimum atomic E-state index is -0.0908. The van der Waals surface area contributed by atoms with E-state index in [9.17, 15) is 10.1 Å². The van der Waals surface area contributed by atoms with Gasteiger partial charge in [0.05, 0.1) is 11.2 Å². The number of nitriles is 1. The van der Waals surface area contributed by atoms with Crippen LogP contribution in [0.4, 0.5) is 17.1 Å². The standard InChI is InChI=1S/C28H27N5O/c1-31(2)24-6-4-5-21(15-24)20-9-12-23(13-10-20)33(18-19-7-8-19)26-16-27(34)32(3)25-14-11-22(17-29)30-28(25)26/h4-6,9-16,19H,7-8,18H2,1-3H3. The maximum absolute atomic E-state index is 12.8. The smallest absolute Gasteiger partial charge is 0.252 e. The lowest BCUT2D eigenvalue weighted by molar-refractivity contribution is 0.811. The average molecular weight is 450 g/mol. The first kappa shape index (κ1) is 21.7. The third-order valence-corrected chi connectivity index (χ3v) is 6.49. The fraction of sp³-hybridized carbons (Fsp3) is 0.250. The molecule has 0 bridgehead atoms. The van der Waals surface area contributed by atoms with Crippen molar-refractivity contribution in [1.82, 2.24) is 9.55 Å². The molecule has 1 fully saturated rings. The fourth-order valence-corrected chi connectivity index (χ4v) is 4.28. The molecule has 4 aromatic rings. The highest BCUT2D eigenvalue weighted by molar-refractivity contribution is 5.91. The van der Waals surface area contributed by atoms with E-state index in [4.69, 9.17) is 0 Å².